The molecule has 1 aromatic carbocycles. The third-order valence-electron chi connectivity index (χ3n) is 3.36. The fourth-order valence-electron chi connectivity index (χ4n) is 2.03. The van der Waals surface area contributed by atoms with Crippen LogP contribution in [0, 0.1) is 0 Å². The van der Waals surface area contributed by atoms with E-state index in [0.29, 0.717) is 11.5 Å². The molecule has 0 saturated heterocycles. The van der Waals surface area contributed by atoms with Crippen LogP contribution in [-0.4, -0.2) is 41.2 Å². The maximum absolute atomic E-state index is 12.2. The summed E-state index contributed by atoms with van der Waals surface area (Å²) in [6, 6.07) is 5.01. The van der Waals surface area contributed by atoms with Crippen LogP contribution in [0.15, 0.2) is 30.6 Å². The zero-order valence-electron chi connectivity index (χ0n) is 13.4. The number of hydrogen-bond donors (Lipinski definition) is 2. The molecule has 2 rings (SSSR count). The van der Waals surface area contributed by atoms with E-state index in [4.69, 9.17) is 14.6 Å². The van der Waals surface area contributed by atoms with Gasteiger partial charge in [0.25, 0.3) is 5.91 Å². The highest BCUT2D eigenvalue weighted by atomic mass is 16.5. The van der Waals surface area contributed by atoms with E-state index in [2.05, 4.69) is 15.3 Å². The number of ether oxygens (including phenoxy) is 2. The second kappa shape index (κ2) is 7.40. The number of aromatic nitrogens is 2. The molecule has 1 aromatic heterocycles. The molecule has 8 heteroatoms. The topological polar surface area (TPSA) is 111 Å². The maximum Gasteiger partial charge on any atom is 0.356 e. The maximum atomic E-state index is 12.2. The van der Waals surface area contributed by atoms with Crippen molar-refractivity contribution >= 4 is 11.9 Å². The molecule has 0 aliphatic carbocycles. The molecule has 0 radical (unpaired) electrons. The van der Waals surface area contributed by atoms with Crippen molar-refractivity contribution in [1.82, 2.24) is 15.3 Å². The van der Waals surface area contributed by atoms with Gasteiger partial charge in [0.05, 0.1) is 32.7 Å². The Bertz CT molecular complexity index is 746. The summed E-state index contributed by atoms with van der Waals surface area (Å²) in [6.07, 6.45) is 2.17. The molecule has 1 atom stereocenters. The minimum atomic E-state index is -1.20. The van der Waals surface area contributed by atoms with Crippen LogP contribution in [0.2, 0.25) is 0 Å². The van der Waals surface area contributed by atoms with Crippen molar-refractivity contribution < 1.29 is 24.2 Å². The Balaban J connectivity index is 2.12. The quantitative estimate of drug-likeness (QED) is 0.828. The molecule has 1 unspecified atom stereocenters. The van der Waals surface area contributed by atoms with Gasteiger partial charge in [-0.1, -0.05) is 6.07 Å². The second-order valence-corrected chi connectivity index (χ2v) is 4.90. The number of amides is 1. The Hall–Kier alpha value is -3.16. The third-order valence-corrected chi connectivity index (χ3v) is 3.36. The monoisotopic (exact) mass is 331 g/mol. The summed E-state index contributed by atoms with van der Waals surface area (Å²) in [5, 5.41) is 11.5. The van der Waals surface area contributed by atoms with Gasteiger partial charge in [0.2, 0.25) is 0 Å². The van der Waals surface area contributed by atoms with Gasteiger partial charge in [-0.2, -0.15) is 0 Å². The van der Waals surface area contributed by atoms with Crippen molar-refractivity contribution in [3.63, 3.8) is 0 Å². The number of nitrogens with zero attached hydrogens (tertiary/aromatic N) is 2. The lowest BCUT2D eigenvalue weighted by Crippen LogP contribution is -2.27. The normalized spacial score (nSPS) is 11.5. The number of rotatable bonds is 6. The number of carbonyl (C=O) groups excluding carboxylic acids is 1. The van der Waals surface area contributed by atoms with Crippen LogP contribution < -0.4 is 14.8 Å². The van der Waals surface area contributed by atoms with Gasteiger partial charge < -0.3 is 19.9 Å². The van der Waals surface area contributed by atoms with Gasteiger partial charge in [-0.15, -0.1) is 0 Å². The Morgan fingerprint density at radius 1 is 1.08 bits per heavy atom. The number of aromatic carboxylic acids is 1. The lowest BCUT2D eigenvalue weighted by molar-refractivity contribution is 0.0689. The molecule has 0 fully saturated rings. The Labute approximate surface area is 138 Å². The summed E-state index contributed by atoms with van der Waals surface area (Å²) in [6.45, 7) is 1.80. The lowest BCUT2D eigenvalue weighted by Gasteiger charge is -2.16. The SMILES string of the molecule is COc1ccc(C(C)NC(=O)c2cnc(C(=O)O)cn2)cc1OC. The standard InChI is InChI=1S/C16H17N3O5/c1-9(10-4-5-13(23-2)14(6-10)24-3)19-15(20)11-7-18-12(8-17-11)16(21)22/h4-9H,1-3H3,(H,19,20)(H,21,22). The van der Waals surface area contributed by atoms with Gasteiger partial charge in [0.15, 0.2) is 17.2 Å². The van der Waals surface area contributed by atoms with Crippen molar-refractivity contribution in [3.05, 3.63) is 47.5 Å². The highest BCUT2D eigenvalue weighted by Crippen LogP contribution is 2.29. The fourth-order valence-corrected chi connectivity index (χ4v) is 2.03. The zero-order valence-corrected chi connectivity index (χ0v) is 13.4. The van der Waals surface area contributed by atoms with E-state index in [1.807, 2.05) is 6.07 Å². The fraction of sp³-hybridized carbons (Fsp3) is 0.250. The van der Waals surface area contributed by atoms with Gasteiger partial charge in [-0.3, -0.25) is 4.79 Å². The number of benzene rings is 1. The molecular weight excluding hydrogens is 314 g/mol. The van der Waals surface area contributed by atoms with Crippen molar-refractivity contribution in [1.29, 1.82) is 0 Å². The van der Waals surface area contributed by atoms with Crippen LogP contribution in [-0.2, 0) is 0 Å². The van der Waals surface area contributed by atoms with Crippen molar-refractivity contribution in [2.75, 3.05) is 14.2 Å². The molecule has 0 bridgehead atoms. The molecule has 0 saturated carbocycles. The number of hydrogen-bond acceptors (Lipinski definition) is 6. The van der Waals surface area contributed by atoms with Crippen LogP contribution in [0.1, 0.15) is 39.5 Å². The van der Waals surface area contributed by atoms with Gasteiger partial charge in [0.1, 0.15) is 5.69 Å². The summed E-state index contributed by atoms with van der Waals surface area (Å²) in [5.74, 6) is -0.508. The van der Waals surface area contributed by atoms with Gasteiger partial charge in [-0.05, 0) is 24.6 Å². The van der Waals surface area contributed by atoms with Gasteiger partial charge >= 0.3 is 5.97 Å². The summed E-state index contributed by atoms with van der Waals surface area (Å²) in [7, 11) is 3.08. The van der Waals surface area contributed by atoms with E-state index < -0.39 is 11.9 Å². The van der Waals surface area contributed by atoms with Crippen molar-refractivity contribution in [2.24, 2.45) is 0 Å². The van der Waals surface area contributed by atoms with Gasteiger partial charge in [-0.25, -0.2) is 14.8 Å². The minimum absolute atomic E-state index is 0.0346. The zero-order chi connectivity index (χ0) is 17.7. The molecule has 126 valence electrons. The molecular formula is C16H17N3O5. The van der Waals surface area contributed by atoms with E-state index in [-0.39, 0.29) is 17.4 Å². The third kappa shape index (κ3) is 3.78. The number of carboxylic acids is 1. The average Bonchev–Trinajstić information content (AvgIpc) is 2.60. The molecule has 2 N–H and O–H groups in total. The van der Waals surface area contributed by atoms with E-state index in [9.17, 15) is 9.59 Å². The molecule has 8 nitrogen and oxygen atoms in total. The largest absolute Gasteiger partial charge is 0.493 e. The summed E-state index contributed by atoms with van der Waals surface area (Å²) < 4.78 is 10.4. The van der Waals surface area contributed by atoms with E-state index in [0.717, 1.165) is 18.0 Å². The average molecular weight is 331 g/mol. The predicted octanol–water partition coefficient (Wildman–Crippen LogP) is 1.68. The van der Waals surface area contributed by atoms with Crippen molar-refractivity contribution in [3.8, 4) is 11.5 Å². The van der Waals surface area contributed by atoms with E-state index >= 15 is 0 Å². The summed E-state index contributed by atoms with van der Waals surface area (Å²) in [4.78, 5) is 30.4. The van der Waals surface area contributed by atoms with Crippen LogP contribution in [0.5, 0.6) is 11.5 Å². The first kappa shape index (κ1) is 17.2. The first-order valence-corrected chi connectivity index (χ1v) is 7.04. The minimum Gasteiger partial charge on any atom is -0.493 e. The Morgan fingerprint density at radius 3 is 2.25 bits per heavy atom. The van der Waals surface area contributed by atoms with Crippen LogP contribution in [0.4, 0.5) is 0 Å². The van der Waals surface area contributed by atoms with Crippen LogP contribution in [0.25, 0.3) is 0 Å². The molecule has 0 aliphatic rings. The van der Waals surface area contributed by atoms with Crippen LogP contribution >= 0.6 is 0 Å². The summed E-state index contributed by atoms with van der Waals surface area (Å²) in [5.41, 5.74) is 0.628. The molecule has 2 aromatic rings. The number of carboxylic acid groups (broad SMARTS) is 1. The first-order valence-electron chi connectivity index (χ1n) is 7.04. The predicted molar refractivity (Wildman–Crippen MR) is 84.4 cm³/mol. The first-order chi connectivity index (χ1) is 11.5. The van der Waals surface area contributed by atoms with E-state index in [1.165, 1.54) is 7.11 Å². The Morgan fingerprint density at radius 2 is 1.71 bits per heavy atom. The van der Waals surface area contributed by atoms with E-state index in [1.54, 1.807) is 26.2 Å². The molecule has 1 heterocycles. The number of methoxy groups -OCH3 is 2. The molecule has 0 aliphatic heterocycles. The second-order valence-electron chi connectivity index (χ2n) is 4.90. The summed E-state index contributed by atoms with van der Waals surface area (Å²) >= 11 is 0. The molecule has 0 spiro atoms. The number of carbonyl (C=O) groups is 2. The highest BCUT2D eigenvalue weighted by molar-refractivity contribution is 5.93. The van der Waals surface area contributed by atoms with Crippen LogP contribution in [0.3, 0.4) is 0 Å². The van der Waals surface area contributed by atoms with Crippen molar-refractivity contribution in [2.45, 2.75) is 13.0 Å². The highest BCUT2D eigenvalue weighted by Gasteiger charge is 2.16. The Kier molecular flexibility index (Phi) is 5.31. The van der Waals surface area contributed by atoms with Gasteiger partial charge in [0, 0.05) is 0 Å². The number of nitrogens with one attached hydrogen (secondary N) is 1. The molecule has 24 heavy (non-hydrogen) atoms. The molecule has 1 amide bonds. The smallest absolute Gasteiger partial charge is 0.356 e. The lowest BCUT2D eigenvalue weighted by atomic mass is 10.1.